The van der Waals surface area contributed by atoms with E-state index in [1.54, 1.807) is 0 Å². The van der Waals surface area contributed by atoms with Gasteiger partial charge in [-0.25, -0.2) is 0 Å². The lowest BCUT2D eigenvalue weighted by molar-refractivity contribution is 0.0815. The average Bonchev–Trinajstić information content (AvgIpc) is 3.51. The molecule has 3 heteroatoms. The third kappa shape index (κ3) is 5.35. The van der Waals surface area contributed by atoms with E-state index in [2.05, 4.69) is 68.1 Å². The maximum atomic E-state index is 13.0. The first-order valence-electron chi connectivity index (χ1n) is 11.0. The number of benzene rings is 2. The Hall–Kier alpha value is -1.87. The Balaban J connectivity index is 0.000000706. The van der Waals surface area contributed by atoms with E-state index >= 15 is 0 Å². The highest BCUT2D eigenvalue weighted by Gasteiger charge is 2.30. The summed E-state index contributed by atoms with van der Waals surface area (Å²) in [5, 5.41) is 2.35. The Morgan fingerprint density at radius 2 is 1.71 bits per heavy atom. The van der Waals surface area contributed by atoms with Crippen molar-refractivity contribution in [2.24, 2.45) is 11.8 Å². The molecule has 0 radical (unpaired) electrons. The molecule has 0 N–H and O–H groups in total. The summed E-state index contributed by atoms with van der Waals surface area (Å²) in [5.74, 6) is 1.41. The Kier molecular flexibility index (Phi) is 7.12. The molecule has 1 aliphatic heterocycles. The monoisotopic (exact) mass is 380 g/mol. The summed E-state index contributed by atoms with van der Waals surface area (Å²) in [7, 11) is 4.10. The zero-order valence-corrected chi connectivity index (χ0v) is 18.1. The Morgan fingerprint density at radius 1 is 1.04 bits per heavy atom. The first-order chi connectivity index (χ1) is 13.5. The molecule has 1 atom stereocenters. The number of carbonyl (C=O) groups excluding carboxylic acids is 1. The van der Waals surface area contributed by atoms with Crippen molar-refractivity contribution in [3.63, 3.8) is 0 Å². The van der Waals surface area contributed by atoms with Crippen LogP contribution in [0.2, 0.25) is 0 Å². The second-order valence-corrected chi connectivity index (χ2v) is 8.75. The van der Waals surface area contributed by atoms with Crippen LogP contribution in [-0.4, -0.2) is 44.4 Å². The molecule has 0 bridgehead atoms. The minimum atomic E-state index is 0.172. The lowest BCUT2D eigenvalue weighted by atomic mass is 9.89. The number of carbonyl (C=O) groups is 1. The molecule has 0 amide bonds. The van der Waals surface area contributed by atoms with Crippen LogP contribution in [0.3, 0.4) is 0 Å². The highest BCUT2D eigenvalue weighted by atomic mass is 16.1. The summed E-state index contributed by atoms with van der Waals surface area (Å²) in [6.45, 7) is 7.58. The highest BCUT2D eigenvalue weighted by Crippen LogP contribution is 2.32. The molecule has 0 spiro atoms. The van der Waals surface area contributed by atoms with Crippen LogP contribution in [0, 0.1) is 11.8 Å². The van der Waals surface area contributed by atoms with Gasteiger partial charge in [0.1, 0.15) is 0 Å². The standard InChI is InChI=1S/C22H28N2O.C3H8/c1-23(2)21-10-9-17-12-19(8-7-18(17)13-21)22(25)20-4-3-11-24(15-20)14-16-5-6-16;1-3-2/h7-10,12-13,16,20H,3-6,11,14-15H2,1-2H3;3H2,1-2H3/t20-;/m0./s1. The van der Waals surface area contributed by atoms with Crippen molar-refractivity contribution in [1.29, 1.82) is 0 Å². The molecule has 152 valence electrons. The van der Waals surface area contributed by atoms with Crippen molar-refractivity contribution >= 4 is 22.2 Å². The van der Waals surface area contributed by atoms with Crippen LogP contribution in [-0.2, 0) is 0 Å². The van der Waals surface area contributed by atoms with Gasteiger partial charge in [0.25, 0.3) is 0 Å². The van der Waals surface area contributed by atoms with E-state index in [9.17, 15) is 4.79 Å². The van der Waals surface area contributed by atoms with Crippen molar-refractivity contribution < 1.29 is 4.79 Å². The largest absolute Gasteiger partial charge is 0.378 e. The molecular weight excluding hydrogens is 344 g/mol. The van der Waals surface area contributed by atoms with Crippen LogP contribution in [0.15, 0.2) is 36.4 Å². The Morgan fingerprint density at radius 3 is 2.39 bits per heavy atom. The first-order valence-corrected chi connectivity index (χ1v) is 11.0. The van der Waals surface area contributed by atoms with Gasteiger partial charge in [-0.05, 0) is 67.1 Å². The number of nitrogens with zero attached hydrogens (tertiary/aromatic N) is 2. The van der Waals surface area contributed by atoms with E-state index in [1.165, 1.54) is 43.4 Å². The van der Waals surface area contributed by atoms with Gasteiger partial charge in [-0.1, -0.05) is 38.5 Å². The summed E-state index contributed by atoms with van der Waals surface area (Å²) >= 11 is 0. The molecule has 28 heavy (non-hydrogen) atoms. The smallest absolute Gasteiger partial charge is 0.167 e. The maximum Gasteiger partial charge on any atom is 0.167 e. The van der Waals surface area contributed by atoms with Crippen LogP contribution in [0.4, 0.5) is 5.69 Å². The van der Waals surface area contributed by atoms with Crippen LogP contribution in [0.1, 0.15) is 56.3 Å². The molecule has 1 heterocycles. The number of Topliss-reactive ketones (excluding diaryl/α,β-unsaturated/α-hetero) is 1. The molecule has 0 unspecified atom stereocenters. The lowest BCUT2D eigenvalue weighted by Gasteiger charge is -2.32. The number of piperidine rings is 1. The molecule has 0 aromatic heterocycles. The van der Waals surface area contributed by atoms with Crippen LogP contribution in [0.5, 0.6) is 0 Å². The van der Waals surface area contributed by atoms with E-state index in [-0.39, 0.29) is 5.92 Å². The second-order valence-electron chi connectivity index (χ2n) is 8.75. The predicted molar refractivity (Wildman–Crippen MR) is 120 cm³/mol. The highest BCUT2D eigenvalue weighted by molar-refractivity contribution is 6.01. The molecule has 2 aromatic carbocycles. The number of likely N-dealkylation sites (tertiary alicyclic amines) is 1. The molecule has 2 aromatic rings. The predicted octanol–water partition coefficient (Wildman–Crippen LogP) is 5.63. The SMILES string of the molecule is CCC.CN(C)c1ccc2cc(C(=O)[C@H]3CCCN(CC4CC4)C3)ccc2c1. The summed E-state index contributed by atoms with van der Waals surface area (Å²) in [5.41, 5.74) is 2.07. The van der Waals surface area contributed by atoms with Gasteiger partial charge in [0.2, 0.25) is 0 Å². The van der Waals surface area contributed by atoms with Gasteiger partial charge in [-0.15, -0.1) is 0 Å². The normalized spacial score (nSPS) is 19.8. The summed E-state index contributed by atoms with van der Waals surface area (Å²) in [4.78, 5) is 17.7. The number of anilines is 1. The maximum absolute atomic E-state index is 13.0. The van der Waals surface area contributed by atoms with E-state index in [1.807, 2.05) is 6.07 Å². The van der Waals surface area contributed by atoms with E-state index in [0.29, 0.717) is 5.78 Å². The summed E-state index contributed by atoms with van der Waals surface area (Å²) in [6, 6.07) is 12.6. The topological polar surface area (TPSA) is 23.6 Å². The van der Waals surface area contributed by atoms with Gasteiger partial charge in [0.15, 0.2) is 5.78 Å². The number of rotatable bonds is 5. The molecule has 4 rings (SSSR count). The number of fused-ring (bicyclic) bond motifs is 1. The average molecular weight is 381 g/mol. The van der Waals surface area contributed by atoms with E-state index < -0.39 is 0 Å². The van der Waals surface area contributed by atoms with Crippen molar-refractivity contribution in [2.45, 2.75) is 46.0 Å². The molecule has 1 saturated carbocycles. The Bertz CT molecular complexity index is 794. The van der Waals surface area contributed by atoms with Gasteiger partial charge in [-0.2, -0.15) is 0 Å². The summed E-state index contributed by atoms with van der Waals surface area (Å²) in [6.07, 6.45) is 6.21. The Labute approximate surface area is 170 Å². The summed E-state index contributed by atoms with van der Waals surface area (Å²) < 4.78 is 0. The molecular formula is C25H36N2O. The molecule has 3 nitrogen and oxygen atoms in total. The minimum Gasteiger partial charge on any atom is -0.378 e. The number of ketones is 1. The van der Waals surface area contributed by atoms with Gasteiger partial charge >= 0.3 is 0 Å². The zero-order chi connectivity index (χ0) is 20.1. The zero-order valence-electron chi connectivity index (χ0n) is 18.1. The number of hydrogen-bond donors (Lipinski definition) is 0. The fourth-order valence-electron chi connectivity index (χ4n) is 4.00. The lowest BCUT2D eigenvalue weighted by Crippen LogP contribution is -2.39. The molecule has 1 saturated heterocycles. The molecule has 2 fully saturated rings. The molecule has 1 aliphatic carbocycles. The second kappa shape index (κ2) is 9.56. The fraction of sp³-hybridized carbons (Fsp3) is 0.560. The van der Waals surface area contributed by atoms with Crippen LogP contribution >= 0.6 is 0 Å². The van der Waals surface area contributed by atoms with E-state index in [0.717, 1.165) is 36.3 Å². The fourth-order valence-corrected chi connectivity index (χ4v) is 4.00. The third-order valence-corrected chi connectivity index (χ3v) is 5.71. The molecule has 2 aliphatic rings. The van der Waals surface area contributed by atoms with Crippen LogP contribution < -0.4 is 4.90 Å². The number of hydrogen-bond acceptors (Lipinski definition) is 3. The van der Waals surface area contributed by atoms with Crippen molar-refractivity contribution in [1.82, 2.24) is 4.90 Å². The quantitative estimate of drug-likeness (QED) is 0.628. The van der Waals surface area contributed by atoms with Crippen molar-refractivity contribution in [3.05, 3.63) is 42.0 Å². The van der Waals surface area contributed by atoms with E-state index in [4.69, 9.17) is 0 Å². The van der Waals surface area contributed by atoms with Crippen molar-refractivity contribution in [3.8, 4) is 0 Å². The van der Waals surface area contributed by atoms with Gasteiger partial charge in [-0.3, -0.25) is 4.79 Å². The van der Waals surface area contributed by atoms with Gasteiger partial charge < -0.3 is 9.80 Å². The minimum absolute atomic E-state index is 0.172. The third-order valence-electron chi connectivity index (χ3n) is 5.71. The van der Waals surface area contributed by atoms with Gasteiger partial charge in [0.05, 0.1) is 0 Å². The van der Waals surface area contributed by atoms with Gasteiger partial charge in [0, 0.05) is 44.4 Å². The first kappa shape index (κ1) is 20.9. The van der Waals surface area contributed by atoms with Crippen LogP contribution in [0.25, 0.3) is 10.8 Å². The van der Waals surface area contributed by atoms with Crippen molar-refractivity contribution in [2.75, 3.05) is 38.6 Å².